The molecule has 152 valence electrons. The van der Waals surface area contributed by atoms with Crippen molar-refractivity contribution in [1.29, 1.82) is 0 Å². The van der Waals surface area contributed by atoms with Crippen LogP contribution in [0.2, 0.25) is 0 Å². The summed E-state index contributed by atoms with van der Waals surface area (Å²) in [6, 6.07) is 7.17. The summed E-state index contributed by atoms with van der Waals surface area (Å²) in [5.41, 5.74) is 6.08. The molecule has 0 radical (unpaired) electrons. The van der Waals surface area contributed by atoms with Gasteiger partial charge in [0.05, 0.1) is 17.2 Å². The Morgan fingerprint density at radius 1 is 1.00 bits per heavy atom. The summed E-state index contributed by atoms with van der Waals surface area (Å²) in [6.45, 7) is -0.167. The van der Waals surface area contributed by atoms with Gasteiger partial charge in [0, 0.05) is 6.42 Å². The van der Waals surface area contributed by atoms with Gasteiger partial charge in [0.2, 0.25) is 5.91 Å². The van der Waals surface area contributed by atoms with E-state index in [1.165, 1.54) is 30.0 Å². The Labute approximate surface area is 168 Å². The Bertz CT molecular complexity index is 993. The minimum Gasteiger partial charge on any atom is -0.296 e. The predicted octanol–water partition coefficient (Wildman–Crippen LogP) is 2.15. The molecule has 1 heterocycles. The second-order valence-electron chi connectivity index (χ2n) is 9.36. The zero-order valence-corrected chi connectivity index (χ0v) is 16.4. The molecule has 0 spiro atoms. The number of nitrogens with one attached hydrogen (secondary N) is 2. The molecule has 4 aliphatic rings. The molecule has 4 fully saturated rings. The predicted molar refractivity (Wildman–Crippen MR) is 108 cm³/mol. The van der Waals surface area contributed by atoms with Gasteiger partial charge in [0.25, 0.3) is 11.5 Å². The summed E-state index contributed by atoms with van der Waals surface area (Å²) in [7, 11) is 0. The van der Waals surface area contributed by atoms with Gasteiger partial charge in [-0.1, -0.05) is 12.1 Å². The third-order valence-electron chi connectivity index (χ3n) is 7.10. The van der Waals surface area contributed by atoms with Crippen LogP contribution in [0.5, 0.6) is 0 Å². The van der Waals surface area contributed by atoms with E-state index in [4.69, 9.17) is 0 Å². The van der Waals surface area contributed by atoms with E-state index in [1.807, 2.05) is 6.07 Å². The number of nitrogens with zero attached hydrogens (tertiary/aromatic N) is 2. The maximum absolute atomic E-state index is 12.6. The van der Waals surface area contributed by atoms with Gasteiger partial charge in [-0.3, -0.25) is 29.8 Å². The zero-order valence-electron chi connectivity index (χ0n) is 16.4. The lowest BCUT2D eigenvalue weighted by Gasteiger charge is -2.56. The number of benzene rings is 1. The molecule has 0 aliphatic heterocycles. The van der Waals surface area contributed by atoms with Gasteiger partial charge in [-0.25, -0.2) is 4.98 Å². The van der Waals surface area contributed by atoms with Crippen LogP contribution in [0.15, 0.2) is 35.3 Å². The maximum Gasteiger partial charge on any atom is 0.269 e. The molecule has 4 aliphatic carbocycles. The number of para-hydroxylation sites is 2. The summed E-state index contributed by atoms with van der Waals surface area (Å²) in [5, 5.41) is 0. The Hall–Kier alpha value is -2.70. The molecule has 4 saturated carbocycles. The smallest absolute Gasteiger partial charge is 0.269 e. The molecule has 2 N–H and O–H groups in total. The lowest BCUT2D eigenvalue weighted by atomic mass is 9.49. The van der Waals surface area contributed by atoms with E-state index in [9.17, 15) is 14.4 Å². The van der Waals surface area contributed by atoms with Gasteiger partial charge in [0.1, 0.15) is 6.54 Å². The highest BCUT2D eigenvalue weighted by molar-refractivity contribution is 5.83. The first-order chi connectivity index (χ1) is 14.0. The Kier molecular flexibility index (Phi) is 4.41. The average molecular weight is 394 g/mol. The van der Waals surface area contributed by atoms with Crippen LogP contribution in [0.25, 0.3) is 11.0 Å². The van der Waals surface area contributed by atoms with Gasteiger partial charge in [-0.2, -0.15) is 0 Å². The van der Waals surface area contributed by atoms with E-state index in [2.05, 4.69) is 15.8 Å². The van der Waals surface area contributed by atoms with E-state index >= 15 is 0 Å². The van der Waals surface area contributed by atoms with Crippen LogP contribution in [-0.2, 0) is 16.1 Å². The molecule has 2 aromatic rings. The van der Waals surface area contributed by atoms with Crippen LogP contribution in [-0.4, -0.2) is 21.4 Å². The second kappa shape index (κ2) is 6.97. The summed E-state index contributed by atoms with van der Waals surface area (Å²) < 4.78 is 1.36. The minimum atomic E-state index is -0.428. The molecule has 29 heavy (non-hydrogen) atoms. The Morgan fingerprint density at radius 2 is 1.62 bits per heavy atom. The summed E-state index contributed by atoms with van der Waals surface area (Å²) in [5.74, 6) is 1.80. The number of hydrogen-bond acceptors (Lipinski definition) is 4. The average Bonchev–Trinajstić information content (AvgIpc) is 2.67. The molecular formula is C22H26N4O3. The first kappa shape index (κ1) is 18.3. The topological polar surface area (TPSA) is 93.1 Å². The fourth-order valence-electron chi connectivity index (χ4n) is 6.49. The standard InChI is InChI=1S/C22H26N4O3/c27-19(11-22-8-14-5-15(9-22)7-16(6-14)10-22)24-25-20(28)13-26-18-4-2-1-3-17(18)23-12-21(26)29/h1-4,12,14-16H,5-11,13H2,(H,24,27)(H,25,28). The lowest BCUT2D eigenvalue weighted by molar-refractivity contribution is -0.134. The van der Waals surface area contributed by atoms with Crippen molar-refractivity contribution in [1.82, 2.24) is 20.4 Å². The van der Waals surface area contributed by atoms with Crippen molar-refractivity contribution < 1.29 is 9.59 Å². The van der Waals surface area contributed by atoms with Gasteiger partial charge >= 0.3 is 0 Å². The van der Waals surface area contributed by atoms with Crippen LogP contribution < -0.4 is 16.4 Å². The van der Waals surface area contributed by atoms with Gasteiger partial charge in [-0.05, 0) is 73.8 Å². The molecule has 7 nitrogen and oxygen atoms in total. The fourth-order valence-corrected chi connectivity index (χ4v) is 6.49. The minimum absolute atomic E-state index is 0.127. The van der Waals surface area contributed by atoms with Crippen molar-refractivity contribution in [2.45, 2.75) is 51.5 Å². The molecule has 2 amide bonds. The third kappa shape index (κ3) is 3.54. The highest BCUT2D eigenvalue weighted by Gasteiger charge is 2.51. The number of rotatable bonds is 4. The van der Waals surface area contributed by atoms with Crippen molar-refractivity contribution >= 4 is 22.8 Å². The van der Waals surface area contributed by atoms with Crippen LogP contribution in [0.3, 0.4) is 0 Å². The highest BCUT2D eigenvalue weighted by Crippen LogP contribution is 2.61. The van der Waals surface area contributed by atoms with Gasteiger partial charge in [-0.15, -0.1) is 0 Å². The molecule has 0 saturated heterocycles. The number of fused-ring (bicyclic) bond motifs is 1. The molecule has 1 aromatic heterocycles. The fraction of sp³-hybridized carbons (Fsp3) is 0.545. The molecule has 4 bridgehead atoms. The second-order valence-corrected chi connectivity index (χ2v) is 9.36. The number of carbonyl (C=O) groups excluding carboxylic acids is 2. The normalized spacial score (nSPS) is 29.7. The number of hydrazine groups is 1. The van der Waals surface area contributed by atoms with E-state index in [-0.39, 0.29) is 23.4 Å². The molecule has 6 rings (SSSR count). The quantitative estimate of drug-likeness (QED) is 0.777. The van der Waals surface area contributed by atoms with Gasteiger partial charge in [0.15, 0.2) is 0 Å². The largest absolute Gasteiger partial charge is 0.296 e. The number of carbonyl (C=O) groups is 2. The summed E-state index contributed by atoms with van der Waals surface area (Å²) in [6.07, 6.45) is 9.16. The first-order valence-electron chi connectivity index (χ1n) is 10.5. The molecule has 0 atom stereocenters. The van der Waals surface area contributed by atoms with Crippen LogP contribution >= 0.6 is 0 Å². The SMILES string of the molecule is O=C(Cn1c(=O)cnc2ccccc21)NNC(=O)CC12CC3CC(CC(C3)C1)C2. The van der Waals surface area contributed by atoms with Crippen LogP contribution in [0.4, 0.5) is 0 Å². The highest BCUT2D eigenvalue weighted by atomic mass is 16.2. The third-order valence-corrected chi connectivity index (χ3v) is 7.10. The van der Waals surface area contributed by atoms with Crippen molar-refractivity contribution in [3.05, 3.63) is 40.8 Å². The molecule has 1 aromatic carbocycles. The van der Waals surface area contributed by atoms with Crippen LogP contribution in [0, 0.1) is 23.2 Å². The maximum atomic E-state index is 12.6. The molecule has 0 unspecified atom stereocenters. The van der Waals surface area contributed by atoms with Crippen molar-refractivity contribution in [2.24, 2.45) is 23.2 Å². The monoisotopic (exact) mass is 394 g/mol. The van der Waals surface area contributed by atoms with Crippen molar-refractivity contribution in [2.75, 3.05) is 0 Å². The Balaban J connectivity index is 1.20. The number of aromatic nitrogens is 2. The molecular weight excluding hydrogens is 368 g/mol. The number of hydrogen-bond donors (Lipinski definition) is 2. The molecule has 7 heteroatoms. The zero-order chi connectivity index (χ0) is 20.0. The van der Waals surface area contributed by atoms with E-state index in [0.29, 0.717) is 17.5 Å². The first-order valence-corrected chi connectivity index (χ1v) is 10.5. The summed E-state index contributed by atoms with van der Waals surface area (Å²) in [4.78, 5) is 41.2. The lowest BCUT2D eigenvalue weighted by Crippen LogP contribution is -2.50. The van der Waals surface area contributed by atoms with Gasteiger partial charge < -0.3 is 0 Å². The van der Waals surface area contributed by atoms with E-state index < -0.39 is 5.91 Å². The van der Waals surface area contributed by atoms with Crippen molar-refractivity contribution in [3.63, 3.8) is 0 Å². The van der Waals surface area contributed by atoms with E-state index in [1.54, 1.807) is 18.2 Å². The van der Waals surface area contributed by atoms with Crippen LogP contribution in [0.1, 0.15) is 44.9 Å². The van der Waals surface area contributed by atoms with E-state index in [0.717, 1.165) is 37.0 Å². The summed E-state index contributed by atoms with van der Waals surface area (Å²) >= 11 is 0. The van der Waals surface area contributed by atoms with Crippen molar-refractivity contribution in [3.8, 4) is 0 Å². The Morgan fingerprint density at radius 3 is 2.31 bits per heavy atom. The number of amides is 2.